The minimum atomic E-state index is -0.665. The molecule has 0 radical (unpaired) electrons. The van der Waals surface area contributed by atoms with Crippen LogP contribution < -0.4 is 10.1 Å². The molecular weight excluding hydrogens is 382 g/mol. The highest BCUT2D eigenvalue weighted by Gasteiger charge is 2.36. The van der Waals surface area contributed by atoms with Gasteiger partial charge >= 0.3 is 0 Å². The zero-order valence-electron chi connectivity index (χ0n) is 17.3. The van der Waals surface area contributed by atoms with Crippen LogP contribution in [0.15, 0.2) is 36.4 Å². The Bertz CT molecular complexity index is 1180. The van der Waals surface area contributed by atoms with Gasteiger partial charge in [-0.1, -0.05) is 12.1 Å². The van der Waals surface area contributed by atoms with E-state index in [2.05, 4.69) is 10.4 Å². The lowest BCUT2D eigenvalue weighted by Crippen LogP contribution is -2.28. The van der Waals surface area contributed by atoms with E-state index in [0.717, 1.165) is 16.8 Å². The number of nitrogens with zero attached hydrogens (tertiary/aromatic N) is 2. The van der Waals surface area contributed by atoms with Gasteiger partial charge in [-0.3, -0.25) is 9.59 Å². The van der Waals surface area contributed by atoms with Gasteiger partial charge in [0.2, 0.25) is 5.91 Å². The number of anilines is 1. The summed E-state index contributed by atoms with van der Waals surface area (Å²) in [5.41, 5.74) is 4.80. The number of nitrogens with one attached hydrogen (secondary N) is 1. The Morgan fingerprint density at radius 3 is 2.73 bits per heavy atom. The molecule has 1 aliphatic heterocycles. The smallest absolute Gasteiger partial charge is 0.226 e. The number of hydrogen-bond donors (Lipinski definition) is 2. The Balaban J connectivity index is 1.83. The molecule has 1 unspecified atom stereocenters. The van der Waals surface area contributed by atoms with Crippen LogP contribution in [0.4, 0.5) is 5.82 Å². The fraction of sp³-hybridized carbons (Fsp3) is 0.261. The fourth-order valence-electron chi connectivity index (χ4n) is 3.94. The molecule has 2 heterocycles. The fourth-order valence-corrected chi connectivity index (χ4v) is 3.94. The summed E-state index contributed by atoms with van der Waals surface area (Å²) in [6.45, 7) is 5.87. The Hall–Kier alpha value is -3.61. The van der Waals surface area contributed by atoms with Crippen molar-refractivity contribution >= 4 is 17.5 Å². The van der Waals surface area contributed by atoms with Crippen LogP contribution in [-0.2, 0) is 4.79 Å². The molecule has 3 aromatic rings. The van der Waals surface area contributed by atoms with Gasteiger partial charge in [-0.25, -0.2) is 4.68 Å². The van der Waals surface area contributed by atoms with Gasteiger partial charge < -0.3 is 15.2 Å². The normalized spacial score (nSPS) is 15.5. The Morgan fingerprint density at radius 1 is 1.23 bits per heavy atom. The minimum Gasteiger partial charge on any atom is -0.504 e. The predicted octanol–water partition coefficient (Wildman–Crippen LogP) is 3.82. The number of benzene rings is 2. The average molecular weight is 405 g/mol. The SMILES string of the molecule is COc1cc(C(=O)C2CC(=O)Nc3c2c(C)nn3-c2cccc(C)c2C)ccc1O. The number of aromatic nitrogens is 2. The van der Waals surface area contributed by atoms with E-state index in [0.29, 0.717) is 22.6 Å². The summed E-state index contributed by atoms with van der Waals surface area (Å²) in [5.74, 6) is -0.423. The van der Waals surface area contributed by atoms with E-state index in [9.17, 15) is 14.7 Å². The van der Waals surface area contributed by atoms with Crippen LogP contribution in [-0.4, -0.2) is 33.7 Å². The largest absolute Gasteiger partial charge is 0.504 e. The molecule has 0 spiro atoms. The van der Waals surface area contributed by atoms with E-state index in [1.165, 1.54) is 25.3 Å². The van der Waals surface area contributed by atoms with Gasteiger partial charge in [0.15, 0.2) is 17.3 Å². The summed E-state index contributed by atoms with van der Waals surface area (Å²) in [4.78, 5) is 25.9. The van der Waals surface area contributed by atoms with Gasteiger partial charge in [0.25, 0.3) is 0 Å². The number of amides is 1. The van der Waals surface area contributed by atoms with Crippen LogP contribution in [0, 0.1) is 20.8 Å². The van der Waals surface area contributed by atoms with Crippen molar-refractivity contribution in [1.29, 1.82) is 0 Å². The van der Waals surface area contributed by atoms with Crippen molar-refractivity contribution in [3.8, 4) is 17.2 Å². The number of phenolic OH excluding ortho intramolecular Hbond substituents is 1. The summed E-state index contributed by atoms with van der Waals surface area (Å²) in [5, 5.41) is 17.4. The van der Waals surface area contributed by atoms with Crippen LogP contribution in [0.5, 0.6) is 11.5 Å². The highest BCUT2D eigenvalue weighted by atomic mass is 16.5. The van der Waals surface area contributed by atoms with Crippen LogP contribution in [0.1, 0.15) is 45.1 Å². The molecule has 0 saturated carbocycles. The number of phenols is 1. The number of ether oxygens (including phenoxy) is 1. The number of aromatic hydroxyl groups is 1. The third kappa shape index (κ3) is 3.12. The number of carbonyl (C=O) groups excluding carboxylic acids is 2. The van der Waals surface area contributed by atoms with Crippen LogP contribution in [0.2, 0.25) is 0 Å². The first-order chi connectivity index (χ1) is 14.3. The Morgan fingerprint density at radius 2 is 2.00 bits per heavy atom. The summed E-state index contributed by atoms with van der Waals surface area (Å²) >= 11 is 0. The van der Waals surface area contributed by atoms with Gasteiger partial charge in [-0.05, 0) is 56.2 Å². The number of aryl methyl sites for hydroxylation is 2. The number of hydrogen-bond acceptors (Lipinski definition) is 5. The monoisotopic (exact) mass is 405 g/mol. The molecule has 1 aliphatic rings. The molecule has 1 atom stereocenters. The van der Waals surface area contributed by atoms with Crippen molar-refractivity contribution in [2.45, 2.75) is 33.1 Å². The van der Waals surface area contributed by atoms with Crippen molar-refractivity contribution in [3.63, 3.8) is 0 Å². The number of carbonyl (C=O) groups is 2. The van der Waals surface area contributed by atoms with Gasteiger partial charge in [0.05, 0.1) is 24.4 Å². The van der Waals surface area contributed by atoms with E-state index >= 15 is 0 Å². The summed E-state index contributed by atoms with van der Waals surface area (Å²) < 4.78 is 6.84. The van der Waals surface area contributed by atoms with Crippen molar-refractivity contribution < 1.29 is 19.4 Å². The molecule has 2 aromatic carbocycles. The maximum atomic E-state index is 13.4. The minimum absolute atomic E-state index is 0.0361. The second-order valence-electron chi connectivity index (χ2n) is 7.53. The zero-order chi connectivity index (χ0) is 21.6. The van der Waals surface area contributed by atoms with Crippen LogP contribution >= 0.6 is 0 Å². The number of Topliss-reactive ketones (excluding diaryl/α,β-unsaturated/α-hetero) is 1. The van der Waals surface area contributed by atoms with Crippen LogP contribution in [0.3, 0.4) is 0 Å². The van der Waals surface area contributed by atoms with Crippen molar-refractivity contribution in [1.82, 2.24) is 9.78 Å². The molecule has 2 N–H and O–H groups in total. The zero-order valence-corrected chi connectivity index (χ0v) is 17.3. The quantitative estimate of drug-likeness (QED) is 0.644. The molecular formula is C23H23N3O4. The number of rotatable bonds is 4. The molecule has 1 aromatic heterocycles. The molecule has 0 saturated heterocycles. The maximum absolute atomic E-state index is 13.4. The van der Waals surface area contributed by atoms with E-state index < -0.39 is 5.92 Å². The first kappa shape index (κ1) is 19.7. The van der Waals surface area contributed by atoms with E-state index in [1.54, 1.807) is 4.68 Å². The molecule has 7 nitrogen and oxygen atoms in total. The molecule has 0 bridgehead atoms. The lowest BCUT2D eigenvalue weighted by Gasteiger charge is -2.23. The number of fused-ring (bicyclic) bond motifs is 1. The molecule has 0 fully saturated rings. The second kappa shape index (κ2) is 7.33. The van der Waals surface area contributed by atoms with E-state index in [1.807, 2.05) is 39.0 Å². The highest BCUT2D eigenvalue weighted by molar-refractivity contribution is 6.08. The van der Waals surface area contributed by atoms with E-state index in [4.69, 9.17) is 4.74 Å². The van der Waals surface area contributed by atoms with Crippen molar-refractivity contribution in [3.05, 3.63) is 64.3 Å². The topological polar surface area (TPSA) is 93.5 Å². The average Bonchev–Trinajstić information content (AvgIpc) is 3.05. The lowest BCUT2D eigenvalue weighted by atomic mass is 9.85. The second-order valence-corrected chi connectivity index (χ2v) is 7.53. The summed E-state index contributed by atoms with van der Waals surface area (Å²) in [7, 11) is 1.42. The van der Waals surface area contributed by atoms with Gasteiger partial charge in [0, 0.05) is 17.5 Å². The molecule has 7 heteroatoms. The number of methoxy groups -OCH3 is 1. The maximum Gasteiger partial charge on any atom is 0.226 e. The first-order valence-electron chi connectivity index (χ1n) is 9.69. The number of ketones is 1. The molecule has 30 heavy (non-hydrogen) atoms. The van der Waals surface area contributed by atoms with Crippen molar-refractivity contribution in [2.24, 2.45) is 0 Å². The summed E-state index contributed by atoms with van der Waals surface area (Å²) in [6, 6.07) is 10.4. The molecule has 0 aliphatic carbocycles. The lowest BCUT2D eigenvalue weighted by molar-refractivity contribution is -0.116. The predicted molar refractivity (Wildman–Crippen MR) is 113 cm³/mol. The molecule has 154 valence electrons. The first-order valence-corrected chi connectivity index (χ1v) is 9.69. The molecule has 4 rings (SSSR count). The Kier molecular flexibility index (Phi) is 4.81. The standard InChI is InChI=1S/C23H23N3O4/c1-12-6-5-7-17(13(12)2)26-23-21(14(3)25-26)16(11-20(28)24-23)22(29)15-8-9-18(27)19(10-15)30-4/h5-10,16,27H,11H2,1-4H3,(H,24,28). The van der Waals surface area contributed by atoms with Crippen molar-refractivity contribution in [2.75, 3.05) is 12.4 Å². The Labute approximate surface area is 174 Å². The van der Waals surface area contributed by atoms with Gasteiger partial charge in [-0.15, -0.1) is 0 Å². The van der Waals surface area contributed by atoms with Gasteiger partial charge in [-0.2, -0.15) is 5.10 Å². The third-order valence-corrected chi connectivity index (χ3v) is 5.69. The van der Waals surface area contributed by atoms with Crippen LogP contribution in [0.25, 0.3) is 5.69 Å². The third-order valence-electron chi connectivity index (χ3n) is 5.69. The van der Waals surface area contributed by atoms with E-state index in [-0.39, 0.29) is 29.6 Å². The molecule has 1 amide bonds. The highest BCUT2D eigenvalue weighted by Crippen LogP contribution is 2.39. The summed E-state index contributed by atoms with van der Waals surface area (Å²) in [6.07, 6.45) is 0.0361. The van der Waals surface area contributed by atoms with Gasteiger partial charge in [0.1, 0.15) is 5.82 Å².